The Morgan fingerprint density at radius 1 is 1.00 bits per heavy atom. The number of hydrogen-bond acceptors (Lipinski definition) is 4. The molecule has 1 spiro atoms. The highest BCUT2D eigenvalue weighted by Crippen LogP contribution is 2.41. The van der Waals surface area contributed by atoms with Gasteiger partial charge in [0.05, 0.1) is 0 Å². The Kier molecular flexibility index (Phi) is 7.54. The van der Waals surface area contributed by atoms with Crippen LogP contribution in [0.5, 0.6) is 0 Å². The van der Waals surface area contributed by atoms with Crippen molar-refractivity contribution in [3.8, 4) is 0 Å². The predicted octanol–water partition coefficient (Wildman–Crippen LogP) is 5.51. The van der Waals surface area contributed by atoms with Crippen LogP contribution in [0.15, 0.2) is 18.2 Å². The van der Waals surface area contributed by atoms with Crippen molar-refractivity contribution in [1.29, 1.82) is 0 Å². The molecule has 3 aliphatic heterocycles. The van der Waals surface area contributed by atoms with Crippen LogP contribution in [0.1, 0.15) is 56.2 Å². The van der Waals surface area contributed by atoms with E-state index < -0.39 is 24.5 Å². The molecule has 3 heterocycles. The molecular formula is C25H33F6N3O2. The summed E-state index contributed by atoms with van der Waals surface area (Å²) in [5, 5.41) is 0. The van der Waals surface area contributed by atoms with Crippen LogP contribution >= 0.6 is 0 Å². The first-order valence-corrected chi connectivity index (χ1v) is 12.5. The molecule has 202 valence electrons. The zero-order chi connectivity index (χ0) is 26.3. The first-order chi connectivity index (χ1) is 16.8. The zero-order valence-electron chi connectivity index (χ0n) is 20.6. The van der Waals surface area contributed by atoms with E-state index in [1.54, 1.807) is 0 Å². The Hall–Kier alpha value is -2.01. The molecule has 3 aliphatic rings. The van der Waals surface area contributed by atoms with Gasteiger partial charge in [-0.1, -0.05) is 18.2 Å². The summed E-state index contributed by atoms with van der Waals surface area (Å²) in [5.41, 5.74) is 3.75. The molecule has 1 aromatic rings. The normalized spacial score (nSPS) is 21.4. The van der Waals surface area contributed by atoms with Crippen molar-refractivity contribution in [2.24, 2.45) is 0 Å². The molecule has 1 amide bonds. The zero-order valence-corrected chi connectivity index (χ0v) is 20.6. The van der Waals surface area contributed by atoms with E-state index in [2.05, 4.69) is 46.6 Å². The summed E-state index contributed by atoms with van der Waals surface area (Å²) in [6.45, 7) is 8.02. The van der Waals surface area contributed by atoms with E-state index in [0.717, 1.165) is 50.3 Å². The monoisotopic (exact) mass is 521 g/mol. The minimum absolute atomic E-state index is 0.0613. The number of amides is 1. The third-order valence-electron chi connectivity index (χ3n) is 8.00. The fourth-order valence-electron chi connectivity index (χ4n) is 5.87. The topological polar surface area (TPSA) is 36.0 Å². The van der Waals surface area contributed by atoms with Gasteiger partial charge in [0.15, 0.2) is 0 Å². The molecular weight excluding hydrogens is 488 g/mol. The predicted molar refractivity (Wildman–Crippen MR) is 121 cm³/mol. The van der Waals surface area contributed by atoms with E-state index in [1.807, 2.05) is 0 Å². The van der Waals surface area contributed by atoms with Crippen molar-refractivity contribution >= 4 is 6.09 Å². The van der Waals surface area contributed by atoms with Gasteiger partial charge in [0.1, 0.15) is 0 Å². The molecule has 0 saturated carbocycles. The molecule has 0 atom stereocenters. The maximum atomic E-state index is 12.8. The second kappa shape index (κ2) is 10.0. The summed E-state index contributed by atoms with van der Waals surface area (Å²) in [4.78, 5) is 18.0. The summed E-state index contributed by atoms with van der Waals surface area (Å²) in [6, 6.07) is 6.85. The van der Waals surface area contributed by atoms with Crippen LogP contribution in [0.4, 0.5) is 31.1 Å². The lowest BCUT2D eigenvalue weighted by molar-refractivity contribution is -0.308. The van der Waals surface area contributed by atoms with E-state index in [1.165, 1.54) is 16.7 Å². The van der Waals surface area contributed by atoms with Crippen LogP contribution in [0, 0.1) is 0 Å². The first kappa shape index (κ1) is 27.0. The van der Waals surface area contributed by atoms with Crippen LogP contribution in [-0.2, 0) is 24.2 Å². The number of fused-ring (bicyclic) bond motifs is 1. The Morgan fingerprint density at radius 2 is 1.67 bits per heavy atom. The van der Waals surface area contributed by atoms with Crippen molar-refractivity contribution in [1.82, 2.24) is 14.7 Å². The lowest BCUT2D eigenvalue weighted by Gasteiger charge is -2.45. The lowest BCUT2D eigenvalue weighted by Crippen LogP contribution is -2.54. The van der Waals surface area contributed by atoms with Gasteiger partial charge in [-0.25, -0.2) is 4.79 Å². The number of hydrogen-bond donors (Lipinski definition) is 0. The summed E-state index contributed by atoms with van der Waals surface area (Å²) < 4.78 is 80.7. The molecule has 0 aliphatic carbocycles. The molecule has 0 aromatic heterocycles. The van der Waals surface area contributed by atoms with Crippen LogP contribution in [0.2, 0.25) is 0 Å². The van der Waals surface area contributed by atoms with Crippen molar-refractivity contribution < 1.29 is 35.9 Å². The largest absolute Gasteiger partial charge is 0.434 e. The van der Waals surface area contributed by atoms with Gasteiger partial charge in [0.2, 0.25) is 0 Å². The smallest absolute Gasteiger partial charge is 0.426 e. The fourth-order valence-corrected chi connectivity index (χ4v) is 5.87. The molecule has 0 bridgehead atoms. The maximum absolute atomic E-state index is 12.8. The summed E-state index contributed by atoms with van der Waals surface area (Å²) in [5.74, 6) is 0. The van der Waals surface area contributed by atoms with Crippen LogP contribution in [0.3, 0.4) is 0 Å². The molecule has 4 rings (SSSR count). The van der Waals surface area contributed by atoms with Gasteiger partial charge < -0.3 is 9.64 Å². The van der Waals surface area contributed by atoms with E-state index in [-0.39, 0.29) is 18.6 Å². The quantitative estimate of drug-likeness (QED) is 0.490. The van der Waals surface area contributed by atoms with Gasteiger partial charge in [0, 0.05) is 44.3 Å². The number of rotatable bonds is 4. The van der Waals surface area contributed by atoms with E-state index in [0.29, 0.717) is 18.9 Å². The van der Waals surface area contributed by atoms with Crippen molar-refractivity contribution in [2.45, 2.75) is 89.1 Å². The minimum atomic E-state index is -5.72. The molecule has 1 aromatic carbocycles. The number of benzene rings is 1. The molecule has 2 fully saturated rings. The summed E-state index contributed by atoms with van der Waals surface area (Å²) in [7, 11) is 0. The Bertz CT molecular complexity index is 927. The number of likely N-dealkylation sites (tertiary alicyclic amines) is 2. The molecule has 0 radical (unpaired) electrons. The van der Waals surface area contributed by atoms with Crippen LogP contribution < -0.4 is 0 Å². The number of carbonyl (C=O) groups is 1. The molecule has 36 heavy (non-hydrogen) atoms. The van der Waals surface area contributed by atoms with Crippen molar-refractivity contribution in [3.63, 3.8) is 0 Å². The summed E-state index contributed by atoms with van der Waals surface area (Å²) in [6.07, 6.45) is -13.3. The lowest BCUT2D eigenvalue weighted by atomic mass is 9.84. The number of alkyl halides is 6. The Labute approximate surface area is 207 Å². The number of carbonyl (C=O) groups excluding carboxylic acids is 1. The molecule has 0 unspecified atom stereocenters. The minimum Gasteiger partial charge on any atom is -0.426 e. The third kappa shape index (κ3) is 5.61. The number of piperidine rings is 1. The standard InChI is InChI=1S/C25H33F6N3O2/c1-17(2)33-12-7-18-5-3-6-19(20(18)16-33)15-34-11-4-8-23(34)9-13-32(14-10-23)22(35)36-21(24(26,27)28)25(29,30)31/h3,5-6,17,21H,4,7-16H2,1-2H3. The van der Waals surface area contributed by atoms with E-state index in [9.17, 15) is 31.1 Å². The first-order valence-electron chi connectivity index (χ1n) is 12.5. The second-order valence-electron chi connectivity index (χ2n) is 10.5. The third-order valence-corrected chi connectivity index (χ3v) is 8.00. The van der Waals surface area contributed by atoms with Gasteiger partial charge in [-0.05, 0) is 69.2 Å². The average molecular weight is 522 g/mol. The van der Waals surface area contributed by atoms with Gasteiger partial charge in [0.25, 0.3) is 6.10 Å². The maximum Gasteiger partial charge on any atom is 0.434 e. The molecule has 11 heteroatoms. The highest BCUT2D eigenvalue weighted by Gasteiger charge is 2.60. The Balaban J connectivity index is 1.42. The molecule has 2 saturated heterocycles. The van der Waals surface area contributed by atoms with Gasteiger partial charge in [-0.2, -0.15) is 26.3 Å². The van der Waals surface area contributed by atoms with Gasteiger partial charge >= 0.3 is 18.4 Å². The fraction of sp³-hybridized carbons (Fsp3) is 0.720. The van der Waals surface area contributed by atoms with Crippen LogP contribution in [0.25, 0.3) is 0 Å². The average Bonchev–Trinajstić information content (AvgIpc) is 3.17. The molecule has 5 nitrogen and oxygen atoms in total. The van der Waals surface area contributed by atoms with Gasteiger partial charge in [-0.15, -0.1) is 0 Å². The Morgan fingerprint density at radius 3 is 2.28 bits per heavy atom. The van der Waals surface area contributed by atoms with Crippen molar-refractivity contribution in [2.75, 3.05) is 26.2 Å². The number of nitrogens with zero attached hydrogens (tertiary/aromatic N) is 3. The number of halogens is 6. The highest BCUT2D eigenvalue weighted by molar-refractivity contribution is 5.68. The molecule has 0 N–H and O–H groups in total. The van der Waals surface area contributed by atoms with Crippen LogP contribution in [-0.4, -0.2) is 77.0 Å². The van der Waals surface area contributed by atoms with E-state index >= 15 is 0 Å². The van der Waals surface area contributed by atoms with E-state index in [4.69, 9.17) is 0 Å². The second-order valence-corrected chi connectivity index (χ2v) is 10.5. The van der Waals surface area contributed by atoms with Gasteiger partial charge in [-0.3, -0.25) is 9.80 Å². The number of ether oxygens (including phenoxy) is 1. The summed E-state index contributed by atoms with van der Waals surface area (Å²) >= 11 is 0. The highest BCUT2D eigenvalue weighted by atomic mass is 19.4. The van der Waals surface area contributed by atoms with Crippen molar-refractivity contribution in [3.05, 3.63) is 34.9 Å². The SMILES string of the molecule is CC(C)N1CCc2cccc(CN3CCCC34CCN(C(=O)OC(C(F)(F)F)C(F)(F)F)CC4)c2C1.